The summed E-state index contributed by atoms with van der Waals surface area (Å²) in [5, 5.41) is 10.2. The molecule has 0 radical (unpaired) electrons. The van der Waals surface area contributed by atoms with Crippen LogP contribution in [-0.2, 0) is 27.0 Å². The van der Waals surface area contributed by atoms with E-state index in [2.05, 4.69) is 42.1 Å². The van der Waals surface area contributed by atoms with E-state index in [9.17, 15) is 27.6 Å². The number of amides is 3. The van der Waals surface area contributed by atoms with Crippen LogP contribution in [0.15, 0.2) is 85.2 Å². The third-order valence-electron chi connectivity index (χ3n) is 10.0. The molecule has 2 fully saturated rings. The molecule has 2 aromatic heterocycles. The van der Waals surface area contributed by atoms with Gasteiger partial charge < -0.3 is 15.4 Å². The number of fused-ring (bicyclic) bond motifs is 1. The molecule has 0 aliphatic carbocycles. The lowest BCUT2D eigenvalue weighted by molar-refractivity contribution is -0.141. The van der Waals surface area contributed by atoms with Gasteiger partial charge in [0.1, 0.15) is 17.6 Å². The number of aromatic nitrogens is 4. The van der Waals surface area contributed by atoms with Crippen molar-refractivity contribution in [2.75, 3.05) is 57.4 Å². The number of anilines is 1. The Morgan fingerprint density at radius 2 is 1.78 bits per heavy atom. The molecule has 0 spiro atoms. The van der Waals surface area contributed by atoms with Gasteiger partial charge in [-0.15, -0.1) is 0 Å². The summed E-state index contributed by atoms with van der Waals surface area (Å²) in [5.41, 5.74) is 1.81. The number of likely N-dealkylation sites (N-methyl/N-ethyl adjacent to an activating group) is 1. The van der Waals surface area contributed by atoms with Crippen molar-refractivity contribution >= 4 is 23.5 Å². The SMILES string of the molecule is C=C(CN1CCN(C2COC2)CC1)C(=O)NCc1cccc(C2c3cnn(-c4ccccc4)c3N(CC)C(=O)C2NC(=O)c2nccc(C(F)(F)F)n2)c1. The number of benzene rings is 2. The van der Waals surface area contributed by atoms with E-state index in [0.29, 0.717) is 46.9 Å². The smallest absolute Gasteiger partial charge is 0.378 e. The number of ether oxygens (including phenoxy) is 1. The molecule has 54 heavy (non-hydrogen) atoms. The molecule has 282 valence electrons. The zero-order valence-electron chi connectivity index (χ0n) is 29.6. The highest BCUT2D eigenvalue weighted by atomic mass is 19.4. The van der Waals surface area contributed by atoms with Crippen LogP contribution < -0.4 is 15.5 Å². The van der Waals surface area contributed by atoms with Crippen LogP contribution in [-0.4, -0.2) is 112 Å². The van der Waals surface area contributed by atoms with E-state index in [1.807, 2.05) is 42.5 Å². The van der Waals surface area contributed by atoms with Gasteiger partial charge in [-0.1, -0.05) is 49.0 Å². The fourth-order valence-corrected chi connectivity index (χ4v) is 7.12. The molecule has 16 heteroatoms. The molecule has 0 saturated carbocycles. The second kappa shape index (κ2) is 15.5. The summed E-state index contributed by atoms with van der Waals surface area (Å²) in [4.78, 5) is 54.3. The van der Waals surface area contributed by atoms with Gasteiger partial charge in [-0.3, -0.25) is 29.1 Å². The van der Waals surface area contributed by atoms with Crippen LogP contribution in [0.2, 0.25) is 0 Å². The molecule has 3 aliphatic rings. The molecule has 13 nitrogen and oxygen atoms in total. The molecule has 2 atom stereocenters. The fraction of sp³-hybridized carbons (Fsp3) is 0.368. The van der Waals surface area contributed by atoms with Crippen LogP contribution in [0.25, 0.3) is 5.69 Å². The monoisotopic (exact) mass is 743 g/mol. The number of nitrogens with zero attached hydrogens (tertiary/aromatic N) is 7. The molecule has 5 heterocycles. The van der Waals surface area contributed by atoms with Crippen LogP contribution in [0.1, 0.15) is 45.8 Å². The molecule has 4 aromatic rings. The van der Waals surface area contributed by atoms with E-state index in [1.165, 1.54) is 4.90 Å². The van der Waals surface area contributed by atoms with E-state index in [-0.39, 0.29) is 19.0 Å². The molecule has 2 unspecified atom stereocenters. The van der Waals surface area contributed by atoms with Gasteiger partial charge in [0, 0.05) is 69.1 Å². The number of nitrogens with one attached hydrogen (secondary N) is 2. The minimum absolute atomic E-state index is 0.161. The van der Waals surface area contributed by atoms with Gasteiger partial charge in [-0.2, -0.15) is 18.3 Å². The second-order valence-electron chi connectivity index (χ2n) is 13.5. The number of hydrogen-bond donors (Lipinski definition) is 2. The number of rotatable bonds is 11. The first-order valence-corrected chi connectivity index (χ1v) is 17.8. The van der Waals surface area contributed by atoms with Crippen LogP contribution in [0, 0.1) is 0 Å². The summed E-state index contributed by atoms with van der Waals surface area (Å²) < 4.78 is 47.3. The van der Waals surface area contributed by atoms with Crippen LogP contribution >= 0.6 is 0 Å². The maximum atomic E-state index is 14.4. The lowest BCUT2D eigenvalue weighted by Crippen LogP contribution is -2.56. The highest BCUT2D eigenvalue weighted by Crippen LogP contribution is 2.41. The third kappa shape index (κ3) is 7.62. The minimum atomic E-state index is -4.80. The Labute approximate surface area is 309 Å². The molecule has 3 aliphatic heterocycles. The van der Waals surface area contributed by atoms with Crippen molar-refractivity contribution in [1.82, 2.24) is 40.2 Å². The average molecular weight is 744 g/mol. The predicted molar refractivity (Wildman–Crippen MR) is 192 cm³/mol. The van der Waals surface area contributed by atoms with Crippen molar-refractivity contribution in [2.24, 2.45) is 0 Å². The maximum absolute atomic E-state index is 14.4. The van der Waals surface area contributed by atoms with Crippen LogP contribution in [0.5, 0.6) is 0 Å². The summed E-state index contributed by atoms with van der Waals surface area (Å²) in [7, 11) is 0. The van der Waals surface area contributed by atoms with Crippen molar-refractivity contribution in [3.05, 3.63) is 113 Å². The van der Waals surface area contributed by atoms with Crippen molar-refractivity contribution in [3.63, 3.8) is 0 Å². The van der Waals surface area contributed by atoms with Crippen molar-refractivity contribution in [3.8, 4) is 5.69 Å². The second-order valence-corrected chi connectivity index (χ2v) is 13.5. The van der Waals surface area contributed by atoms with E-state index in [4.69, 9.17) is 4.74 Å². The molecule has 2 N–H and O–H groups in total. The lowest BCUT2D eigenvalue weighted by Gasteiger charge is -2.42. The first kappa shape index (κ1) is 36.9. The summed E-state index contributed by atoms with van der Waals surface area (Å²) in [6.45, 7) is 11.7. The first-order chi connectivity index (χ1) is 26.0. The van der Waals surface area contributed by atoms with E-state index >= 15 is 0 Å². The maximum Gasteiger partial charge on any atom is 0.433 e. The fourth-order valence-electron chi connectivity index (χ4n) is 7.12. The zero-order valence-corrected chi connectivity index (χ0v) is 29.6. The number of para-hydroxylation sites is 1. The van der Waals surface area contributed by atoms with Crippen molar-refractivity contribution in [2.45, 2.75) is 37.6 Å². The van der Waals surface area contributed by atoms with Gasteiger partial charge in [0.25, 0.3) is 11.8 Å². The van der Waals surface area contributed by atoms with Gasteiger partial charge in [-0.05, 0) is 36.2 Å². The molecular weight excluding hydrogens is 703 g/mol. The summed E-state index contributed by atoms with van der Waals surface area (Å²) in [5.74, 6) is -2.87. The highest BCUT2D eigenvalue weighted by Gasteiger charge is 2.45. The Bertz CT molecular complexity index is 2030. The van der Waals surface area contributed by atoms with Gasteiger partial charge in [0.15, 0.2) is 0 Å². The standard InChI is InChI=1S/C38H40F3N9O4/c1-3-49-36-29(20-44-50(36)27-10-5-4-6-11-27)31(32(37(49)53)46-35(52)33-42-13-12-30(45-33)38(39,40)41)26-9-7-8-25(18-26)19-43-34(51)24(2)21-47-14-16-48(17-15-47)28-22-54-23-28/h4-13,18,20,28,31-32H,2-3,14-17,19,21-23H2,1H3,(H,43,51)(H,46,52). The number of halogens is 3. The Morgan fingerprint density at radius 3 is 2.46 bits per heavy atom. The quantitative estimate of drug-likeness (QED) is 0.222. The molecule has 2 saturated heterocycles. The number of hydrogen-bond acceptors (Lipinski definition) is 9. The Hall–Kier alpha value is -5.45. The van der Waals surface area contributed by atoms with E-state index in [0.717, 1.165) is 51.2 Å². The van der Waals surface area contributed by atoms with Gasteiger partial charge in [0.2, 0.25) is 11.7 Å². The molecular formula is C38H40F3N9O4. The highest BCUT2D eigenvalue weighted by molar-refractivity contribution is 6.04. The molecule has 7 rings (SSSR count). The van der Waals surface area contributed by atoms with Gasteiger partial charge in [0.05, 0.1) is 31.1 Å². The largest absolute Gasteiger partial charge is 0.433 e. The predicted octanol–water partition coefficient (Wildman–Crippen LogP) is 3.17. The van der Waals surface area contributed by atoms with Gasteiger partial charge in [-0.25, -0.2) is 14.6 Å². The van der Waals surface area contributed by atoms with Crippen molar-refractivity contribution in [1.29, 1.82) is 0 Å². The van der Waals surface area contributed by atoms with E-state index < -0.39 is 41.5 Å². The van der Waals surface area contributed by atoms with Gasteiger partial charge >= 0.3 is 6.18 Å². The Morgan fingerprint density at radius 1 is 1.02 bits per heavy atom. The van der Waals surface area contributed by atoms with Crippen LogP contribution in [0.4, 0.5) is 19.0 Å². The van der Waals surface area contributed by atoms with Crippen LogP contribution in [0.3, 0.4) is 0 Å². The summed E-state index contributed by atoms with van der Waals surface area (Å²) in [6, 6.07) is 16.4. The number of alkyl halides is 3. The molecule has 0 bridgehead atoms. The summed E-state index contributed by atoms with van der Waals surface area (Å²) >= 11 is 0. The topological polar surface area (TPSA) is 138 Å². The Kier molecular flexibility index (Phi) is 10.6. The molecule has 2 aromatic carbocycles. The number of carbonyl (C=O) groups is 3. The normalized spacial score (nSPS) is 19.6. The minimum Gasteiger partial charge on any atom is -0.378 e. The summed E-state index contributed by atoms with van der Waals surface area (Å²) in [6.07, 6.45) is -2.33. The Balaban J connectivity index is 1.13. The average Bonchev–Trinajstić information content (AvgIpc) is 3.58. The number of carbonyl (C=O) groups excluding carboxylic acids is 3. The lowest BCUT2D eigenvalue weighted by atomic mass is 9.82. The van der Waals surface area contributed by atoms with E-state index in [1.54, 1.807) is 29.9 Å². The first-order valence-electron chi connectivity index (χ1n) is 17.8. The third-order valence-corrected chi connectivity index (χ3v) is 10.0. The number of piperazine rings is 1. The molecule has 3 amide bonds. The zero-order chi connectivity index (χ0) is 38.0. The van der Waals surface area contributed by atoms with Crippen molar-refractivity contribution < 1.29 is 32.3 Å².